The molecule has 0 radical (unpaired) electrons. The number of aromatic carboxylic acids is 1. The van der Waals surface area contributed by atoms with Crippen molar-refractivity contribution >= 4 is 5.97 Å². The number of aromatic nitrogens is 1. The van der Waals surface area contributed by atoms with E-state index in [2.05, 4.69) is 4.98 Å². The summed E-state index contributed by atoms with van der Waals surface area (Å²) in [4.78, 5) is 14.9. The van der Waals surface area contributed by atoms with Crippen molar-refractivity contribution in [2.24, 2.45) is 0 Å². The SMILES string of the molecule is Cc1ccc(C(=O)O)cc1OCc1cccnc1. The van der Waals surface area contributed by atoms with E-state index in [1.165, 1.54) is 6.07 Å². The number of carboxylic acid groups (broad SMARTS) is 1. The Hall–Kier alpha value is -2.36. The van der Waals surface area contributed by atoms with Crippen LogP contribution in [0.4, 0.5) is 0 Å². The van der Waals surface area contributed by atoms with Gasteiger partial charge in [-0.2, -0.15) is 0 Å². The van der Waals surface area contributed by atoms with Crippen LogP contribution in [0.5, 0.6) is 5.75 Å². The number of benzene rings is 1. The van der Waals surface area contributed by atoms with E-state index in [1.54, 1.807) is 24.5 Å². The van der Waals surface area contributed by atoms with Gasteiger partial charge in [0.25, 0.3) is 0 Å². The van der Waals surface area contributed by atoms with E-state index in [0.29, 0.717) is 12.4 Å². The maximum absolute atomic E-state index is 10.9. The number of hydrogen-bond donors (Lipinski definition) is 1. The number of ether oxygens (including phenoxy) is 1. The summed E-state index contributed by atoms with van der Waals surface area (Å²) in [6.45, 7) is 2.25. The molecule has 0 atom stereocenters. The van der Waals surface area contributed by atoms with Crippen LogP contribution < -0.4 is 4.74 Å². The first-order chi connectivity index (χ1) is 8.66. The smallest absolute Gasteiger partial charge is 0.335 e. The standard InChI is InChI=1S/C14H13NO3/c1-10-4-5-12(14(16)17)7-13(10)18-9-11-3-2-6-15-8-11/h2-8H,9H2,1H3,(H,16,17). The fraction of sp³-hybridized carbons (Fsp3) is 0.143. The monoisotopic (exact) mass is 243 g/mol. The Morgan fingerprint density at radius 2 is 2.22 bits per heavy atom. The van der Waals surface area contributed by atoms with Crippen LogP contribution in [-0.2, 0) is 6.61 Å². The van der Waals surface area contributed by atoms with Crippen molar-refractivity contribution in [1.82, 2.24) is 4.98 Å². The first-order valence-electron chi connectivity index (χ1n) is 5.52. The van der Waals surface area contributed by atoms with Gasteiger partial charge in [0.1, 0.15) is 12.4 Å². The van der Waals surface area contributed by atoms with Gasteiger partial charge in [-0.1, -0.05) is 12.1 Å². The Labute approximate surface area is 105 Å². The van der Waals surface area contributed by atoms with Crippen LogP contribution in [0.15, 0.2) is 42.7 Å². The zero-order valence-corrected chi connectivity index (χ0v) is 9.96. The van der Waals surface area contributed by atoms with E-state index in [1.807, 2.05) is 19.1 Å². The zero-order valence-electron chi connectivity index (χ0n) is 9.96. The molecule has 0 unspecified atom stereocenters. The molecule has 1 aromatic heterocycles. The second-order valence-electron chi connectivity index (χ2n) is 3.94. The molecule has 1 aromatic carbocycles. The molecule has 0 bridgehead atoms. The fourth-order valence-corrected chi connectivity index (χ4v) is 1.53. The summed E-state index contributed by atoms with van der Waals surface area (Å²) >= 11 is 0. The Balaban J connectivity index is 2.14. The third-order valence-electron chi connectivity index (χ3n) is 2.55. The van der Waals surface area contributed by atoms with Crippen molar-refractivity contribution in [3.63, 3.8) is 0 Å². The third-order valence-corrected chi connectivity index (χ3v) is 2.55. The van der Waals surface area contributed by atoms with Crippen molar-refractivity contribution in [3.8, 4) is 5.75 Å². The highest BCUT2D eigenvalue weighted by atomic mass is 16.5. The molecule has 0 amide bonds. The maximum atomic E-state index is 10.9. The van der Waals surface area contributed by atoms with Crippen LogP contribution in [0.3, 0.4) is 0 Å². The molecule has 4 heteroatoms. The maximum Gasteiger partial charge on any atom is 0.335 e. The van der Waals surface area contributed by atoms with Crippen molar-refractivity contribution in [3.05, 3.63) is 59.4 Å². The van der Waals surface area contributed by atoms with Crippen molar-refractivity contribution in [1.29, 1.82) is 0 Å². The normalized spacial score (nSPS) is 10.1. The molecular weight excluding hydrogens is 230 g/mol. The largest absolute Gasteiger partial charge is 0.489 e. The summed E-state index contributed by atoms with van der Waals surface area (Å²) in [5.41, 5.74) is 2.07. The molecule has 18 heavy (non-hydrogen) atoms. The van der Waals surface area contributed by atoms with Gasteiger partial charge in [0.2, 0.25) is 0 Å². The highest BCUT2D eigenvalue weighted by molar-refractivity contribution is 5.88. The minimum absolute atomic E-state index is 0.224. The molecule has 1 heterocycles. The first-order valence-corrected chi connectivity index (χ1v) is 5.52. The molecule has 0 fully saturated rings. The lowest BCUT2D eigenvalue weighted by Gasteiger charge is -2.09. The Kier molecular flexibility index (Phi) is 3.57. The Morgan fingerprint density at radius 3 is 2.89 bits per heavy atom. The number of carboxylic acids is 1. The van der Waals surface area contributed by atoms with Gasteiger partial charge in [-0.25, -0.2) is 4.79 Å². The summed E-state index contributed by atoms with van der Waals surface area (Å²) in [5.74, 6) is -0.375. The number of nitrogens with zero attached hydrogens (tertiary/aromatic N) is 1. The molecule has 2 rings (SSSR count). The number of rotatable bonds is 4. The van der Waals surface area contributed by atoms with Gasteiger partial charge in [-0.15, -0.1) is 0 Å². The third kappa shape index (κ3) is 2.85. The number of carbonyl (C=O) groups is 1. The molecule has 0 saturated carbocycles. The van der Waals surface area contributed by atoms with Gasteiger partial charge in [0.05, 0.1) is 5.56 Å². The topological polar surface area (TPSA) is 59.4 Å². The molecule has 0 aliphatic heterocycles. The van der Waals surface area contributed by atoms with Gasteiger partial charge in [0.15, 0.2) is 0 Å². The fourth-order valence-electron chi connectivity index (χ4n) is 1.53. The lowest BCUT2D eigenvalue weighted by molar-refractivity contribution is 0.0696. The van der Waals surface area contributed by atoms with Gasteiger partial charge in [0, 0.05) is 18.0 Å². The van der Waals surface area contributed by atoms with Crippen LogP contribution in [0.25, 0.3) is 0 Å². The van der Waals surface area contributed by atoms with Crippen LogP contribution in [-0.4, -0.2) is 16.1 Å². The molecule has 4 nitrogen and oxygen atoms in total. The lowest BCUT2D eigenvalue weighted by Crippen LogP contribution is -2.01. The van der Waals surface area contributed by atoms with E-state index in [4.69, 9.17) is 9.84 Å². The first kappa shape index (κ1) is 12.1. The Bertz CT molecular complexity index is 552. The highest BCUT2D eigenvalue weighted by Crippen LogP contribution is 2.20. The van der Waals surface area contributed by atoms with Gasteiger partial charge < -0.3 is 9.84 Å². The number of aryl methyl sites for hydroxylation is 1. The van der Waals surface area contributed by atoms with E-state index >= 15 is 0 Å². The summed E-state index contributed by atoms with van der Waals surface area (Å²) in [6.07, 6.45) is 3.41. The van der Waals surface area contributed by atoms with Crippen LogP contribution in [0, 0.1) is 6.92 Å². The summed E-state index contributed by atoms with van der Waals surface area (Å²) in [6, 6.07) is 8.58. The van der Waals surface area contributed by atoms with Gasteiger partial charge in [-0.3, -0.25) is 4.98 Å². The molecule has 0 saturated heterocycles. The second-order valence-corrected chi connectivity index (χ2v) is 3.94. The van der Waals surface area contributed by atoms with E-state index in [0.717, 1.165) is 11.1 Å². The highest BCUT2D eigenvalue weighted by Gasteiger charge is 2.07. The molecule has 2 aromatic rings. The van der Waals surface area contributed by atoms with Crippen LogP contribution in [0.2, 0.25) is 0 Å². The Morgan fingerprint density at radius 1 is 1.39 bits per heavy atom. The number of hydrogen-bond acceptors (Lipinski definition) is 3. The summed E-state index contributed by atoms with van der Waals surface area (Å²) in [5, 5.41) is 8.92. The summed E-state index contributed by atoms with van der Waals surface area (Å²) < 4.78 is 5.61. The molecule has 92 valence electrons. The minimum atomic E-state index is -0.957. The van der Waals surface area contributed by atoms with Crippen LogP contribution >= 0.6 is 0 Å². The molecule has 0 aliphatic rings. The predicted molar refractivity (Wildman–Crippen MR) is 66.7 cm³/mol. The quantitative estimate of drug-likeness (QED) is 0.896. The summed E-state index contributed by atoms with van der Waals surface area (Å²) in [7, 11) is 0. The zero-order chi connectivity index (χ0) is 13.0. The predicted octanol–water partition coefficient (Wildman–Crippen LogP) is 2.67. The lowest BCUT2D eigenvalue weighted by atomic mass is 10.1. The van der Waals surface area contributed by atoms with E-state index in [-0.39, 0.29) is 5.56 Å². The average molecular weight is 243 g/mol. The van der Waals surface area contributed by atoms with Crippen molar-refractivity contribution in [2.75, 3.05) is 0 Å². The van der Waals surface area contributed by atoms with E-state index in [9.17, 15) is 4.79 Å². The molecular formula is C14H13NO3. The average Bonchev–Trinajstić information content (AvgIpc) is 2.38. The number of pyridine rings is 1. The van der Waals surface area contributed by atoms with Crippen molar-refractivity contribution in [2.45, 2.75) is 13.5 Å². The molecule has 0 aliphatic carbocycles. The minimum Gasteiger partial charge on any atom is -0.489 e. The van der Waals surface area contributed by atoms with Crippen LogP contribution in [0.1, 0.15) is 21.5 Å². The molecule has 0 spiro atoms. The van der Waals surface area contributed by atoms with Gasteiger partial charge in [-0.05, 0) is 30.7 Å². The van der Waals surface area contributed by atoms with Crippen molar-refractivity contribution < 1.29 is 14.6 Å². The van der Waals surface area contributed by atoms with E-state index < -0.39 is 5.97 Å². The molecule has 1 N–H and O–H groups in total. The van der Waals surface area contributed by atoms with Gasteiger partial charge >= 0.3 is 5.97 Å². The second kappa shape index (κ2) is 5.31.